The van der Waals surface area contributed by atoms with Crippen LogP contribution >= 0.6 is 15.9 Å². The molecule has 1 aromatic carbocycles. The van der Waals surface area contributed by atoms with Crippen molar-refractivity contribution in [3.8, 4) is 0 Å². The lowest BCUT2D eigenvalue weighted by molar-refractivity contribution is -0.141. The molecule has 1 aliphatic carbocycles. The summed E-state index contributed by atoms with van der Waals surface area (Å²) in [6.07, 6.45) is 0.667. The van der Waals surface area contributed by atoms with Gasteiger partial charge in [-0.1, -0.05) is 47.3 Å². The number of aromatic nitrogens is 2. The Morgan fingerprint density at radius 1 is 1.04 bits per heavy atom. The molecule has 0 radical (unpaired) electrons. The summed E-state index contributed by atoms with van der Waals surface area (Å²) in [6, 6.07) is 8.63. The molecular formula is C18H20BrF3N4. The summed E-state index contributed by atoms with van der Waals surface area (Å²) in [5.41, 5.74) is 0.00581. The Balaban J connectivity index is 1.76. The molecule has 0 saturated heterocycles. The van der Waals surface area contributed by atoms with Gasteiger partial charge in [-0.15, -0.1) is 0 Å². The maximum atomic E-state index is 13.2. The van der Waals surface area contributed by atoms with Gasteiger partial charge in [0.15, 0.2) is 5.69 Å². The van der Waals surface area contributed by atoms with Crippen molar-refractivity contribution < 1.29 is 13.2 Å². The first-order valence-corrected chi connectivity index (χ1v) is 9.40. The average molecular weight is 429 g/mol. The minimum absolute atomic E-state index is 0.0324. The first-order valence-electron chi connectivity index (χ1n) is 8.61. The molecule has 1 saturated carbocycles. The number of hydrogen-bond acceptors (Lipinski definition) is 4. The molecule has 1 fully saturated rings. The van der Waals surface area contributed by atoms with E-state index in [9.17, 15) is 13.2 Å². The normalized spacial score (nSPS) is 15.7. The van der Waals surface area contributed by atoms with E-state index >= 15 is 0 Å². The van der Waals surface area contributed by atoms with Crippen molar-refractivity contribution in [3.63, 3.8) is 0 Å². The number of hydrogen-bond donors (Lipinski definition) is 2. The van der Waals surface area contributed by atoms with Crippen LogP contribution in [0.4, 0.5) is 24.9 Å². The molecule has 0 unspecified atom stereocenters. The van der Waals surface area contributed by atoms with E-state index < -0.39 is 11.9 Å². The van der Waals surface area contributed by atoms with E-state index in [1.54, 1.807) is 0 Å². The van der Waals surface area contributed by atoms with Crippen LogP contribution in [-0.2, 0) is 12.7 Å². The third-order valence-electron chi connectivity index (χ3n) is 4.34. The number of anilines is 2. The molecule has 0 aliphatic heterocycles. The minimum atomic E-state index is -4.51. The first kappa shape index (κ1) is 18.9. The smallest absolute Gasteiger partial charge is 0.366 e. The summed E-state index contributed by atoms with van der Waals surface area (Å²) in [5, 5.41) is 6.04. The van der Waals surface area contributed by atoms with E-state index in [0.717, 1.165) is 41.8 Å². The number of rotatable bonds is 5. The van der Waals surface area contributed by atoms with Gasteiger partial charge < -0.3 is 10.6 Å². The van der Waals surface area contributed by atoms with Crippen molar-refractivity contribution in [2.24, 2.45) is 0 Å². The molecule has 0 amide bonds. The van der Waals surface area contributed by atoms with Crippen LogP contribution in [0, 0.1) is 0 Å². The first-order chi connectivity index (χ1) is 12.4. The van der Waals surface area contributed by atoms with Crippen LogP contribution in [0.2, 0.25) is 0 Å². The molecule has 0 spiro atoms. The molecular weight excluding hydrogens is 409 g/mol. The molecule has 1 heterocycles. The predicted molar refractivity (Wildman–Crippen MR) is 99.0 cm³/mol. The maximum Gasteiger partial charge on any atom is 0.433 e. The monoisotopic (exact) mass is 428 g/mol. The third kappa shape index (κ3) is 5.33. The number of halogens is 4. The quantitative estimate of drug-likeness (QED) is 0.649. The fraction of sp³-hybridized carbons (Fsp3) is 0.444. The van der Waals surface area contributed by atoms with Crippen LogP contribution in [0.5, 0.6) is 0 Å². The summed E-state index contributed by atoms with van der Waals surface area (Å²) in [7, 11) is 0. The maximum absolute atomic E-state index is 13.2. The minimum Gasteiger partial charge on any atom is -0.366 e. The lowest BCUT2D eigenvalue weighted by atomic mass is 9.96. The Morgan fingerprint density at radius 3 is 2.38 bits per heavy atom. The zero-order valence-electron chi connectivity index (χ0n) is 14.1. The van der Waals surface area contributed by atoms with Gasteiger partial charge in [-0.2, -0.15) is 18.2 Å². The van der Waals surface area contributed by atoms with E-state index in [2.05, 4.69) is 36.5 Å². The lowest BCUT2D eigenvalue weighted by Crippen LogP contribution is -2.24. The van der Waals surface area contributed by atoms with Crippen molar-refractivity contribution >= 4 is 27.7 Å². The van der Waals surface area contributed by atoms with Crippen molar-refractivity contribution in [1.82, 2.24) is 9.97 Å². The van der Waals surface area contributed by atoms with Crippen LogP contribution in [-0.4, -0.2) is 16.0 Å². The second-order valence-electron chi connectivity index (χ2n) is 6.42. The topological polar surface area (TPSA) is 49.8 Å². The fourth-order valence-electron chi connectivity index (χ4n) is 2.97. The summed E-state index contributed by atoms with van der Waals surface area (Å²) in [6.45, 7) is 0.379. The Kier molecular flexibility index (Phi) is 6.01. The fourth-order valence-corrected chi connectivity index (χ4v) is 3.24. The standard InChI is InChI=1S/C18H20BrF3N4/c19-13-8-6-12(7-9-13)11-23-16-10-15(18(20,21)22)25-17(26-16)24-14-4-2-1-3-5-14/h6-10,14H,1-5,11H2,(H2,23,24,25,26). The lowest BCUT2D eigenvalue weighted by Gasteiger charge is -2.23. The van der Waals surface area contributed by atoms with Crippen LogP contribution in [0.3, 0.4) is 0 Å². The van der Waals surface area contributed by atoms with Gasteiger partial charge in [-0.25, -0.2) is 4.98 Å². The van der Waals surface area contributed by atoms with Gasteiger partial charge in [-0.3, -0.25) is 0 Å². The third-order valence-corrected chi connectivity index (χ3v) is 4.87. The number of nitrogens with zero attached hydrogens (tertiary/aromatic N) is 2. The molecule has 0 bridgehead atoms. The zero-order chi connectivity index (χ0) is 18.6. The summed E-state index contributed by atoms with van der Waals surface area (Å²) in [5.74, 6) is 0.193. The van der Waals surface area contributed by atoms with E-state index in [1.165, 1.54) is 6.42 Å². The van der Waals surface area contributed by atoms with Gasteiger partial charge in [0.2, 0.25) is 5.95 Å². The van der Waals surface area contributed by atoms with Crippen LogP contribution in [0.25, 0.3) is 0 Å². The van der Waals surface area contributed by atoms with Gasteiger partial charge in [0.05, 0.1) is 0 Å². The highest BCUT2D eigenvalue weighted by Crippen LogP contribution is 2.30. The average Bonchev–Trinajstić information content (AvgIpc) is 2.61. The molecule has 0 atom stereocenters. The second kappa shape index (κ2) is 8.24. The number of alkyl halides is 3. The highest BCUT2D eigenvalue weighted by atomic mass is 79.9. The summed E-state index contributed by atoms with van der Waals surface area (Å²) >= 11 is 3.36. The van der Waals surface area contributed by atoms with E-state index in [1.807, 2.05) is 24.3 Å². The van der Waals surface area contributed by atoms with Crippen molar-refractivity contribution in [3.05, 3.63) is 46.1 Å². The second-order valence-corrected chi connectivity index (χ2v) is 7.33. The molecule has 1 aliphatic rings. The Morgan fingerprint density at radius 2 is 1.73 bits per heavy atom. The van der Waals surface area contributed by atoms with Gasteiger partial charge >= 0.3 is 6.18 Å². The van der Waals surface area contributed by atoms with Crippen LogP contribution < -0.4 is 10.6 Å². The zero-order valence-corrected chi connectivity index (χ0v) is 15.7. The van der Waals surface area contributed by atoms with Crippen LogP contribution in [0.15, 0.2) is 34.8 Å². The van der Waals surface area contributed by atoms with Crippen molar-refractivity contribution in [2.75, 3.05) is 10.6 Å². The molecule has 8 heteroatoms. The highest BCUT2D eigenvalue weighted by Gasteiger charge is 2.34. The van der Waals surface area contributed by atoms with Crippen molar-refractivity contribution in [1.29, 1.82) is 0 Å². The molecule has 4 nitrogen and oxygen atoms in total. The van der Waals surface area contributed by atoms with Gasteiger partial charge in [0.25, 0.3) is 0 Å². The van der Waals surface area contributed by atoms with E-state index in [-0.39, 0.29) is 17.8 Å². The molecule has 3 rings (SSSR count). The Hall–Kier alpha value is -1.83. The summed E-state index contributed by atoms with van der Waals surface area (Å²) < 4.78 is 40.5. The highest BCUT2D eigenvalue weighted by molar-refractivity contribution is 9.10. The van der Waals surface area contributed by atoms with Crippen molar-refractivity contribution in [2.45, 2.75) is 50.9 Å². The van der Waals surface area contributed by atoms with Gasteiger partial charge in [0, 0.05) is 23.1 Å². The van der Waals surface area contributed by atoms with Crippen LogP contribution in [0.1, 0.15) is 43.4 Å². The predicted octanol–water partition coefficient (Wildman–Crippen LogP) is 5.61. The SMILES string of the molecule is FC(F)(F)c1cc(NCc2ccc(Br)cc2)nc(NC2CCCCC2)n1. The number of nitrogens with one attached hydrogen (secondary N) is 2. The number of benzene rings is 1. The van der Waals surface area contributed by atoms with E-state index in [0.29, 0.717) is 6.54 Å². The summed E-state index contributed by atoms with van der Waals surface area (Å²) in [4.78, 5) is 7.90. The van der Waals surface area contributed by atoms with E-state index in [4.69, 9.17) is 0 Å². The molecule has 2 aromatic rings. The molecule has 26 heavy (non-hydrogen) atoms. The van der Waals surface area contributed by atoms with Gasteiger partial charge in [0.1, 0.15) is 5.82 Å². The molecule has 2 N–H and O–H groups in total. The van der Waals surface area contributed by atoms with Gasteiger partial charge in [-0.05, 0) is 30.5 Å². The Labute approximate surface area is 158 Å². The molecule has 1 aromatic heterocycles. The molecule has 140 valence electrons. The largest absolute Gasteiger partial charge is 0.433 e. The Bertz CT molecular complexity index is 728.